The standard InChI is InChI=1S/C22H18O5/c1-12-4-6-18-15(9-21(24)27-22(18)14(12)3)11-25-16-5-7-17-13(2)8-20(23)26-19(17)10-16/h4-10H,11H2,1-3H3. The van der Waals surface area contributed by atoms with Gasteiger partial charge in [0.25, 0.3) is 0 Å². The molecule has 136 valence electrons. The van der Waals surface area contributed by atoms with Crippen molar-refractivity contribution in [3.8, 4) is 5.75 Å². The zero-order valence-electron chi connectivity index (χ0n) is 15.3. The smallest absolute Gasteiger partial charge is 0.336 e. The predicted octanol–water partition coefficient (Wildman–Crippen LogP) is 4.40. The Balaban J connectivity index is 1.72. The third-order valence-electron chi connectivity index (χ3n) is 4.83. The van der Waals surface area contributed by atoms with Crippen molar-refractivity contribution in [3.63, 3.8) is 0 Å². The van der Waals surface area contributed by atoms with Crippen LogP contribution in [-0.4, -0.2) is 0 Å². The average Bonchev–Trinajstić information content (AvgIpc) is 2.62. The van der Waals surface area contributed by atoms with E-state index in [0.717, 1.165) is 33.0 Å². The fourth-order valence-electron chi connectivity index (χ4n) is 3.20. The summed E-state index contributed by atoms with van der Waals surface area (Å²) in [6.07, 6.45) is 0. The average molecular weight is 362 g/mol. The molecule has 0 aliphatic rings. The molecular weight excluding hydrogens is 344 g/mol. The number of benzene rings is 2. The Kier molecular flexibility index (Phi) is 4.07. The Labute approximate surface area is 154 Å². The molecule has 0 aliphatic carbocycles. The number of hydrogen-bond acceptors (Lipinski definition) is 5. The van der Waals surface area contributed by atoms with Gasteiger partial charge in [0, 0.05) is 34.5 Å². The summed E-state index contributed by atoms with van der Waals surface area (Å²) in [5.74, 6) is 0.557. The first-order chi connectivity index (χ1) is 12.9. The van der Waals surface area contributed by atoms with E-state index in [1.807, 2.05) is 45.0 Å². The minimum Gasteiger partial charge on any atom is -0.489 e. The molecule has 0 saturated carbocycles. The highest BCUT2D eigenvalue weighted by Gasteiger charge is 2.11. The summed E-state index contributed by atoms with van der Waals surface area (Å²) in [5.41, 5.74) is 3.85. The highest BCUT2D eigenvalue weighted by molar-refractivity contribution is 5.84. The van der Waals surface area contributed by atoms with Gasteiger partial charge in [-0.1, -0.05) is 12.1 Å². The van der Waals surface area contributed by atoms with Gasteiger partial charge in [0.2, 0.25) is 0 Å². The summed E-state index contributed by atoms with van der Waals surface area (Å²) in [5, 5.41) is 1.71. The molecule has 2 aromatic carbocycles. The molecule has 4 rings (SSSR count). The van der Waals surface area contributed by atoms with Gasteiger partial charge in [0.1, 0.15) is 23.5 Å². The molecule has 0 aliphatic heterocycles. The van der Waals surface area contributed by atoms with Gasteiger partial charge < -0.3 is 13.6 Å². The van der Waals surface area contributed by atoms with Crippen LogP contribution in [0.5, 0.6) is 5.75 Å². The maximum Gasteiger partial charge on any atom is 0.336 e. The maximum atomic E-state index is 12.0. The highest BCUT2D eigenvalue weighted by atomic mass is 16.5. The van der Waals surface area contributed by atoms with Crippen LogP contribution in [0, 0.1) is 20.8 Å². The lowest BCUT2D eigenvalue weighted by molar-refractivity contribution is 0.306. The second-order valence-corrected chi connectivity index (χ2v) is 6.67. The molecule has 0 saturated heterocycles. The van der Waals surface area contributed by atoms with Crippen LogP contribution < -0.4 is 16.0 Å². The molecule has 0 atom stereocenters. The second kappa shape index (κ2) is 6.43. The van der Waals surface area contributed by atoms with E-state index in [0.29, 0.717) is 16.9 Å². The van der Waals surface area contributed by atoms with Crippen molar-refractivity contribution in [2.24, 2.45) is 0 Å². The van der Waals surface area contributed by atoms with Gasteiger partial charge in [-0.25, -0.2) is 9.59 Å². The Hall–Kier alpha value is -3.34. The van der Waals surface area contributed by atoms with Crippen LogP contribution >= 0.6 is 0 Å². The van der Waals surface area contributed by atoms with Crippen molar-refractivity contribution in [3.05, 3.63) is 85.6 Å². The Morgan fingerprint density at radius 2 is 1.56 bits per heavy atom. The van der Waals surface area contributed by atoms with E-state index < -0.39 is 11.3 Å². The van der Waals surface area contributed by atoms with Crippen molar-refractivity contribution < 1.29 is 13.6 Å². The zero-order valence-corrected chi connectivity index (χ0v) is 15.3. The predicted molar refractivity (Wildman–Crippen MR) is 104 cm³/mol. The zero-order chi connectivity index (χ0) is 19.1. The van der Waals surface area contributed by atoms with Crippen molar-refractivity contribution in [2.75, 3.05) is 0 Å². The fraction of sp³-hybridized carbons (Fsp3) is 0.182. The largest absolute Gasteiger partial charge is 0.489 e. The van der Waals surface area contributed by atoms with Gasteiger partial charge in [-0.3, -0.25) is 0 Å². The van der Waals surface area contributed by atoms with Crippen LogP contribution in [0.25, 0.3) is 21.9 Å². The van der Waals surface area contributed by atoms with Crippen molar-refractivity contribution in [1.82, 2.24) is 0 Å². The van der Waals surface area contributed by atoms with E-state index in [2.05, 4.69) is 0 Å². The Bertz CT molecular complexity index is 1290. The normalized spacial score (nSPS) is 11.2. The second-order valence-electron chi connectivity index (χ2n) is 6.67. The fourth-order valence-corrected chi connectivity index (χ4v) is 3.20. The van der Waals surface area contributed by atoms with Gasteiger partial charge in [-0.2, -0.15) is 0 Å². The van der Waals surface area contributed by atoms with Gasteiger partial charge in [0.05, 0.1) is 0 Å². The lowest BCUT2D eigenvalue weighted by Gasteiger charge is -2.11. The van der Waals surface area contributed by atoms with Crippen molar-refractivity contribution >= 4 is 21.9 Å². The minimum absolute atomic E-state index is 0.201. The number of fused-ring (bicyclic) bond motifs is 2. The summed E-state index contributed by atoms with van der Waals surface area (Å²) in [4.78, 5) is 23.5. The number of ether oxygens (including phenoxy) is 1. The summed E-state index contributed by atoms with van der Waals surface area (Å²) < 4.78 is 16.5. The lowest BCUT2D eigenvalue weighted by Crippen LogP contribution is -2.05. The van der Waals surface area contributed by atoms with Gasteiger partial charge in [-0.05, 0) is 49.6 Å². The third-order valence-corrected chi connectivity index (χ3v) is 4.83. The molecule has 0 N–H and O–H groups in total. The van der Waals surface area contributed by atoms with Crippen molar-refractivity contribution in [2.45, 2.75) is 27.4 Å². The van der Waals surface area contributed by atoms with E-state index >= 15 is 0 Å². The van der Waals surface area contributed by atoms with Gasteiger partial charge >= 0.3 is 11.3 Å². The topological polar surface area (TPSA) is 69.7 Å². The Morgan fingerprint density at radius 1 is 0.815 bits per heavy atom. The van der Waals surface area contributed by atoms with E-state index in [-0.39, 0.29) is 6.61 Å². The maximum absolute atomic E-state index is 12.0. The molecule has 4 aromatic rings. The SMILES string of the molecule is Cc1ccc2c(COc3ccc4c(C)cc(=O)oc4c3)cc(=O)oc2c1C. The summed E-state index contributed by atoms with van der Waals surface area (Å²) in [7, 11) is 0. The molecular formula is C22H18O5. The molecule has 0 amide bonds. The quantitative estimate of drug-likeness (QED) is 0.505. The van der Waals surface area contributed by atoms with Gasteiger partial charge in [0.15, 0.2) is 0 Å². The first kappa shape index (κ1) is 17.1. The van der Waals surface area contributed by atoms with Crippen molar-refractivity contribution in [1.29, 1.82) is 0 Å². The van der Waals surface area contributed by atoms with Crippen LogP contribution in [-0.2, 0) is 6.61 Å². The van der Waals surface area contributed by atoms with Crippen LogP contribution in [0.15, 0.2) is 60.9 Å². The first-order valence-corrected chi connectivity index (χ1v) is 8.62. The van der Waals surface area contributed by atoms with Crippen LogP contribution in [0.4, 0.5) is 0 Å². The Morgan fingerprint density at radius 3 is 2.37 bits per heavy atom. The van der Waals surface area contributed by atoms with E-state index in [4.69, 9.17) is 13.6 Å². The molecule has 0 spiro atoms. The molecule has 27 heavy (non-hydrogen) atoms. The number of hydrogen-bond donors (Lipinski definition) is 0. The summed E-state index contributed by atoms with van der Waals surface area (Å²) in [6, 6.07) is 12.2. The highest BCUT2D eigenvalue weighted by Crippen LogP contribution is 2.26. The minimum atomic E-state index is -0.407. The van der Waals surface area contributed by atoms with E-state index in [1.54, 1.807) is 6.07 Å². The van der Waals surface area contributed by atoms with Crippen LogP contribution in [0.1, 0.15) is 22.3 Å². The number of aryl methyl sites for hydroxylation is 3. The summed E-state index contributed by atoms with van der Waals surface area (Å²) in [6.45, 7) is 5.97. The summed E-state index contributed by atoms with van der Waals surface area (Å²) >= 11 is 0. The molecule has 0 bridgehead atoms. The molecule has 2 aromatic heterocycles. The van der Waals surface area contributed by atoms with Crippen LogP contribution in [0.3, 0.4) is 0 Å². The van der Waals surface area contributed by atoms with E-state index in [9.17, 15) is 9.59 Å². The lowest BCUT2D eigenvalue weighted by atomic mass is 10.0. The molecule has 2 heterocycles. The molecule has 0 fully saturated rings. The third kappa shape index (κ3) is 3.12. The molecule has 0 radical (unpaired) electrons. The van der Waals surface area contributed by atoms with Crippen LogP contribution in [0.2, 0.25) is 0 Å². The molecule has 5 nitrogen and oxygen atoms in total. The monoisotopic (exact) mass is 362 g/mol. The van der Waals surface area contributed by atoms with E-state index in [1.165, 1.54) is 12.1 Å². The molecule has 5 heteroatoms. The number of rotatable bonds is 3. The molecule has 0 unspecified atom stereocenters. The first-order valence-electron chi connectivity index (χ1n) is 8.62. The van der Waals surface area contributed by atoms with Gasteiger partial charge in [-0.15, -0.1) is 0 Å².